The summed E-state index contributed by atoms with van der Waals surface area (Å²) in [4.78, 5) is 37.7. The van der Waals surface area contributed by atoms with Gasteiger partial charge >= 0.3 is 5.97 Å². The Morgan fingerprint density at radius 1 is 0.886 bits per heavy atom. The third-order valence-corrected chi connectivity index (χ3v) is 5.34. The number of carbonyl (C=O) groups excluding carboxylic acids is 2. The molecule has 0 radical (unpaired) electrons. The van der Waals surface area contributed by atoms with Crippen molar-refractivity contribution >= 4 is 17.6 Å². The number of pyridine rings is 1. The molecule has 0 unspecified atom stereocenters. The van der Waals surface area contributed by atoms with Gasteiger partial charge in [-0.1, -0.05) is 36.4 Å². The topological polar surface area (TPSA) is 104 Å². The minimum absolute atomic E-state index is 0.153. The fraction of sp³-hybridized carbons (Fsp3) is 0.154. The van der Waals surface area contributed by atoms with E-state index in [1.165, 1.54) is 22.4 Å². The van der Waals surface area contributed by atoms with Crippen LogP contribution in [0.15, 0.2) is 83.7 Å². The highest BCUT2D eigenvalue weighted by atomic mass is 16.5. The van der Waals surface area contributed by atoms with E-state index < -0.39 is 5.97 Å². The van der Waals surface area contributed by atoms with Crippen LogP contribution in [-0.4, -0.2) is 40.4 Å². The molecule has 1 N–H and O–H groups in total. The van der Waals surface area contributed by atoms with Crippen molar-refractivity contribution in [3.8, 4) is 28.4 Å². The van der Waals surface area contributed by atoms with Crippen LogP contribution in [0.25, 0.3) is 22.6 Å². The first-order valence-electron chi connectivity index (χ1n) is 10.8. The van der Waals surface area contributed by atoms with Crippen molar-refractivity contribution in [3.05, 3.63) is 89.2 Å². The molecule has 0 atom stereocenters. The molecule has 9 heteroatoms. The molecule has 0 aliphatic carbocycles. The van der Waals surface area contributed by atoms with Crippen LogP contribution in [0.1, 0.15) is 0 Å². The van der Waals surface area contributed by atoms with Gasteiger partial charge < -0.3 is 14.8 Å². The summed E-state index contributed by atoms with van der Waals surface area (Å²) in [6.45, 7) is -0.384. The van der Waals surface area contributed by atoms with Crippen molar-refractivity contribution in [2.75, 3.05) is 19.5 Å². The van der Waals surface area contributed by atoms with E-state index in [4.69, 9.17) is 9.47 Å². The van der Waals surface area contributed by atoms with Crippen molar-refractivity contribution in [2.45, 2.75) is 13.1 Å². The van der Waals surface area contributed by atoms with Gasteiger partial charge in [0.05, 0.1) is 31.3 Å². The number of nitrogens with zero attached hydrogens (tertiary/aromatic N) is 3. The number of amides is 1. The summed E-state index contributed by atoms with van der Waals surface area (Å²) >= 11 is 0. The third kappa shape index (κ3) is 5.47. The van der Waals surface area contributed by atoms with Gasteiger partial charge in [0.15, 0.2) is 0 Å². The highest BCUT2D eigenvalue weighted by Gasteiger charge is 2.18. The Morgan fingerprint density at radius 2 is 1.63 bits per heavy atom. The quantitative estimate of drug-likeness (QED) is 0.395. The Balaban J connectivity index is 1.70. The van der Waals surface area contributed by atoms with Gasteiger partial charge in [0.25, 0.3) is 5.56 Å². The zero-order valence-corrected chi connectivity index (χ0v) is 19.3. The zero-order chi connectivity index (χ0) is 24.8. The van der Waals surface area contributed by atoms with Gasteiger partial charge in [0.2, 0.25) is 5.91 Å². The molecule has 4 aromatic rings. The zero-order valence-electron chi connectivity index (χ0n) is 19.3. The van der Waals surface area contributed by atoms with Gasteiger partial charge in [-0.15, -0.1) is 0 Å². The van der Waals surface area contributed by atoms with E-state index in [-0.39, 0.29) is 24.6 Å². The maximum absolute atomic E-state index is 12.8. The number of benzene rings is 2. The number of rotatable bonds is 8. The third-order valence-electron chi connectivity index (χ3n) is 5.34. The lowest BCUT2D eigenvalue weighted by Crippen LogP contribution is -2.28. The minimum atomic E-state index is -0.490. The van der Waals surface area contributed by atoms with Gasteiger partial charge in [0.1, 0.15) is 18.8 Å². The van der Waals surface area contributed by atoms with E-state index in [2.05, 4.69) is 10.4 Å². The highest BCUT2D eigenvalue weighted by molar-refractivity contribution is 5.91. The van der Waals surface area contributed by atoms with E-state index >= 15 is 0 Å². The summed E-state index contributed by atoms with van der Waals surface area (Å²) in [5.41, 5.74) is 2.63. The predicted octanol–water partition coefficient (Wildman–Crippen LogP) is 3.20. The number of nitrogens with one attached hydrogen (secondary N) is 1. The van der Waals surface area contributed by atoms with E-state index in [0.29, 0.717) is 28.5 Å². The first-order chi connectivity index (χ1) is 17.0. The van der Waals surface area contributed by atoms with Crippen LogP contribution in [-0.2, 0) is 27.4 Å². The Bertz CT molecular complexity index is 1390. The summed E-state index contributed by atoms with van der Waals surface area (Å²) in [6.07, 6.45) is 0. The monoisotopic (exact) mass is 472 g/mol. The summed E-state index contributed by atoms with van der Waals surface area (Å²) in [6, 6.07) is 22.8. The SMILES string of the molecule is COC(=O)Cn1nc(-c2ccccc2)cc1-c1cccc(=O)n1CC(=O)Nc1ccc(OC)cc1. The highest BCUT2D eigenvalue weighted by Crippen LogP contribution is 2.26. The molecule has 35 heavy (non-hydrogen) atoms. The molecule has 0 saturated carbocycles. The van der Waals surface area contributed by atoms with E-state index in [0.717, 1.165) is 5.56 Å². The molecule has 0 aliphatic rings. The molecule has 0 bridgehead atoms. The second-order valence-electron chi connectivity index (χ2n) is 7.63. The van der Waals surface area contributed by atoms with E-state index in [9.17, 15) is 14.4 Å². The summed E-state index contributed by atoms with van der Waals surface area (Å²) in [5.74, 6) is -0.208. The number of esters is 1. The van der Waals surface area contributed by atoms with Crippen LogP contribution in [0.3, 0.4) is 0 Å². The van der Waals surface area contributed by atoms with Gasteiger partial charge in [-0.05, 0) is 36.4 Å². The van der Waals surface area contributed by atoms with Crippen LogP contribution in [0.5, 0.6) is 5.75 Å². The first-order valence-corrected chi connectivity index (χ1v) is 10.8. The van der Waals surface area contributed by atoms with Gasteiger partial charge in [0, 0.05) is 17.3 Å². The van der Waals surface area contributed by atoms with Crippen LogP contribution < -0.4 is 15.6 Å². The lowest BCUT2D eigenvalue weighted by Gasteiger charge is -2.14. The van der Waals surface area contributed by atoms with Crippen molar-refractivity contribution in [1.29, 1.82) is 0 Å². The largest absolute Gasteiger partial charge is 0.497 e. The smallest absolute Gasteiger partial charge is 0.327 e. The Labute approximate surface area is 201 Å². The van der Waals surface area contributed by atoms with E-state index in [1.807, 2.05) is 30.3 Å². The molecule has 2 aromatic carbocycles. The second-order valence-corrected chi connectivity index (χ2v) is 7.63. The fourth-order valence-electron chi connectivity index (χ4n) is 3.61. The molecule has 0 saturated heterocycles. The Hall–Kier alpha value is -4.66. The maximum Gasteiger partial charge on any atom is 0.327 e. The van der Waals surface area contributed by atoms with E-state index in [1.54, 1.807) is 49.6 Å². The summed E-state index contributed by atoms with van der Waals surface area (Å²) in [5, 5.41) is 7.35. The molecule has 178 valence electrons. The number of anilines is 1. The van der Waals surface area contributed by atoms with Crippen LogP contribution in [0.2, 0.25) is 0 Å². The average molecular weight is 473 g/mol. The number of ether oxygens (including phenoxy) is 2. The molecular formula is C26H24N4O5. The van der Waals surface area contributed by atoms with Gasteiger partial charge in [-0.25, -0.2) is 0 Å². The number of carbonyl (C=O) groups is 2. The van der Waals surface area contributed by atoms with Crippen molar-refractivity contribution in [1.82, 2.24) is 14.3 Å². The van der Waals surface area contributed by atoms with Gasteiger partial charge in [-0.3, -0.25) is 23.6 Å². The molecule has 2 heterocycles. The number of aromatic nitrogens is 3. The summed E-state index contributed by atoms with van der Waals surface area (Å²) in [7, 11) is 2.86. The maximum atomic E-state index is 12.8. The molecule has 4 rings (SSSR count). The molecule has 0 aliphatic heterocycles. The molecule has 2 aromatic heterocycles. The van der Waals surface area contributed by atoms with Crippen LogP contribution >= 0.6 is 0 Å². The number of hydrogen-bond donors (Lipinski definition) is 1. The normalized spacial score (nSPS) is 10.6. The van der Waals surface area contributed by atoms with Crippen molar-refractivity contribution in [2.24, 2.45) is 0 Å². The Kier molecular flexibility index (Phi) is 7.06. The minimum Gasteiger partial charge on any atom is -0.497 e. The molecule has 0 fully saturated rings. The number of hydrogen-bond acceptors (Lipinski definition) is 6. The lowest BCUT2D eigenvalue weighted by atomic mass is 10.1. The predicted molar refractivity (Wildman–Crippen MR) is 131 cm³/mol. The fourth-order valence-corrected chi connectivity index (χ4v) is 3.61. The van der Waals surface area contributed by atoms with Crippen molar-refractivity contribution < 1.29 is 19.1 Å². The summed E-state index contributed by atoms with van der Waals surface area (Å²) < 4.78 is 12.8. The molecule has 9 nitrogen and oxygen atoms in total. The molecule has 0 spiro atoms. The van der Waals surface area contributed by atoms with Crippen LogP contribution in [0, 0.1) is 0 Å². The Morgan fingerprint density at radius 3 is 2.31 bits per heavy atom. The van der Waals surface area contributed by atoms with Gasteiger partial charge in [-0.2, -0.15) is 5.10 Å². The standard InChI is InChI=1S/C26H24N4O5/c1-34-20-13-11-19(12-14-20)27-24(31)16-29-22(9-6-10-25(29)32)23-15-21(18-7-4-3-5-8-18)28-30(23)17-26(33)35-2/h3-15H,16-17H2,1-2H3,(H,27,31). The molecular weight excluding hydrogens is 448 g/mol. The number of methoxy groups -OCH3 is 2. The molecule has 1 amide bonds. The lowest BCUT2D eigenvalue weighted by molar-refractivity contribution is -0.141. The second kappa shape index (κ2) is 10.5. The van der Waals surface area contributed by atoms with Crippen LogP contribution in [0.4, 0.5) is 5.69 Å². The first kappa shape index (κ1) is 23.5. The average Bonchev–Trinajstić information content (AvgIpc) is 3.29. The van der Waals surface area contributed by atoms with Crippen molar-refractivity contribution in [3.63, 3.8) is 0 Å².